The molecule has 0 aromatic carbocycles. The molecule has 1 N–H and O–H groups in total. The maximum atomic E-state index is 3.51. The van der Waals surface area contributed by atoms with Crippen LogP contribution in [0.25, 0.3) is 0 Å². The third kappa shape index (κ3) is 2.80. The monoisotopic (exact) mass is 156 g/mol. The van der Waals surface area contributed by atoms with Crippen LogP contribution in [0.2, 0.25) is 0 Å². The van der Waals surface area contributed by atoms with Gasteiger partial charge in [-0.05, 0) is 26.8 Å². The third-order valence-corrected chi connectivity index (χ3v) is 2.19. The lowest BCUT2D eigenvalue weighted by molar-refractivity contribution is 0.155. The van der Waals surface area contributed by atoms with Gasteiger partial charge in [0.05, 0.1) is 0 Å². The Bertz CT molecular complexity index is 119. The first kappa shape index (κ1) is 9.01. The SMILES string of the molecule is CCCN1CCNC(C)(C)C1. The number of hydrogen-bond acceptors (Lipinski definition) is 2. The van der Waals surface area contributed by atoms with Crippen molar-refractivity contribution in [1.29, 1.82) is 0 Å². The molecule has 1 rings (SSSR count). The first-order chi connectivity index (χ1) is 5.14. The fraction of sp³-hybridized carbons (Fsp3) is 1.00. The van der Waals surface area contributed by atoms with Gasteiger partial charge in [-0.25, -0.2) is 0 Å². The lowest BCUT2D eigenvalue weighted by atomic mass is 10.0. The molecule has 0 radical (unpaired) electrons. The predicted octanol–water partition coefficient (Wildman–Crippen LogP) is 1.08. The summed E-state index contributed by atoms with van der Waals surface area (Å²) in [6.45, 7) is 11.6. The van der Waals surface area contributed by atoms with Crippen molar-refractivity contribution >= 4 is 0 Å². The average molecular weight is 156 g/mol. The highest BCUT2D eigenvalue weighted by atomic mass is 15.2. The Morgan fingerprint density at radius 3 is 2.73 bits per heavy atom. The molecular weight excluding hydrogens is 136 g/mol. The molecular formula is C9H20N2. The van der Waals surface area contributed by atoms with Gasteiger partial charge in [0.2, 0.25) is 0 Å². The Morgan fingerprint density at radius 1 is 1.45 bits per heavy atom. The Balaban J connectivity index is 2.34. The summed E-state index contributed by atoms with van der Waals surface area (Å²) in [4.78, 5) is 2.54. The van der Waals surface area contributed by atoms with Crippen molar-refractivity contribution in [1.82, 2.24) is 10.2 Å². The van der Waals surface area contributed by atoms with E-state index in [4.69, 9.17) is 0 Å². The highest BCUT2D eigenvalue weighted by molar-refractivity contribution is 4.86. The zero-order chi connectivity index (χ0) is 8.32. The molecule has 1 aliphatic rings. The first-order valence-corrected chi connectivity index (χ1v) is 4.61. The highest BCUT2D eigenvalue weighted by Gasteiger charge is 2.24. The molecule has 2 nitrogen and oxygen atoms in total. The normalized spacial score (nSPS) is 25.4. The van der Waals surface area contributed by atoms with Gasteiger partial charge >= 0.3 is 0 Å². The minimum Gasteiger partial charge on any atom is -0.309 e. The van der Waals surface area contributed by atoms with Gasteiger partial charge in [0, 0.05) is 25.2 Å². The van der Waals surface area contributed by atoms with Crippen LogP contribution in [-0.4, -0.2) is 36.6 Å². The number of rotatable bonds is 2. The van der Waals surface area contributed by atoms with E-state index in [1.54, 1.807) is 0 Å². The standard InChI is InChI=1S/C9H20N2/c1-4-6-11-7-5-10-9(2,3)8-11/h10H,4-8H2,1-3H3. The number of piperazine rings is 1. The van der Waals surface area contributed by atoms with Gasteiger partial charge in [0.1, 0.15) is 0 Å². The van der Waals surface area contributed by atoms with Crippen LogP contribution in [0.1, 0.15) is 27.2 Å². The second-order valence-electron chi connectivity index (χ2n) is 4.09. The summed E-state index contributed by atoms with van der Waals surface area (Å²) in [6.07, 6.45) is 1.27. The molecule has 0 bridgehead atoms. The van der Waals surface area contributed by atoms with E-state index in [0.29, 0.717) is 5.54 Å². The van der Waals surface area contributed by atoms with Crippen LogP contribution in [0.4, 0.5) is 0 Å². The second kappa shape index (κ2) is 3.55. The Hall–Kier alpha value is -0.0800. The van der Waals surface area contributed by atoms with Crippen molar-refractivity contribution in [3.63, 3.8) is 0 Å². The molecule has 0 spiro atoms. The molecule has 0 aromatic rings. The van der Waals surface area contributed by atoms with Crippen LogP contribution in [0.15, 0.2) is 0 Å². The fourth-order valence-corrected chi connectivity index (χ4v) is 1.75. The van der Waals surface area contributed by atoms with Crippen LogP contribution in [0.5, 0.6) is 0 Å². The minimum absolute atomic E-state index is 0.327. The van der Waals surface area contributed by atoms with Crippen molar-refractivity contribution < 1.29 is 0 Å². The van der Waals surface area contributed by atoms with Crippen LogP contribution in [0, 0.1) is 0 Å². The van der Waals surface area contributed by atoms with Crippen LogP contribution in [0.3, 0.4) is 0 Å². The molecule has 0 saturated carbocycles. The number of nitrogens with one attached hydrogen (secondary N) is 1. The van der Waals surface area contributed by atoms with Gasteiger partial charge in [0.15, 0.2) is 0 Å². The van der Waals surface area contributed by atoms with Gasteiger partial charge in [-0.3, -0.25) is 0 Å². The largest absolute Gasteiger partial charge is 0.309 e. The molecule has 0 aromatic heterocycles. The van der Waals surface area contributed by atoms with Crippen molar-refractivity contribution in [2.75, 3.05) is 26.2 Å². The van der Waals surface area contributed by atoms with Gasteiger partial charge in [-0.1, -0.05) is 6.92 Å². The van der Waals surface area contributed by atoms with Crippen molar-refractivity contribution in [2.24, 2.45) is 0 Å². The van der Waals surface area contributed by atoms with E-state index in [2.05, 4.69) is 31.0 Å². The maximum Gasteiger partial charge on any atom is 0.0252 e. The molecule has 0 atom stereocenters. The zero-order valence-electron chi connectivity index (χ0n) is 7.98. The molecule has 0 unspecified atom stereocenters. The number of nitrogens with zero attached hydrogens (tertiary/aromatic N) is 1. The first-order valence-electron chi connectivity index (χ1n) is 4.61. The highest BCUT2D eigenvalue weighted by Crippen LogP contribution is 2.09. The molecule has 0 amide bonds. The summed E-state index contributed by atoms with van der Waals surface area (Å²) in [6, 6.07) is 0. The zero-order valence-corrected chi connectivity index (χ0v) is 7.98. The van der Waals surface area contributed by atoms with Gasteiger partial charge in [-0.15, -0.1) is 0 Å². The van der Waals surface area contributed by atoms with Crippen LogP contribution in [-0.2, 0) is 0 Å². The average Bonchev–Trinajstić information content (AvgIpc) is 1.85. The smallest absolute Gasteiger partial charge is 0.0252 e. The Kier molecular flexibility index (Phi) is 2.90. The molecule has 1 fully saturated rings. The molecule has 66 valence electrons. The summed E-state index contributed by atoms with van der Waals surface area (Å²) in [5.41, 5.74) is 0.327. The quantitative estimate of drug-likeness (QED) is 0.643. The summed E-state index contributed by atoms with van der Waals surface area (Å²) in [5.74, 6) is 0. The topological polar surface area (TPSA) is 15.3 Å². The Labute approximate surface area is 70.0 Å². The van der Waals surface area contributed by atoms with E-state index in [-0.39, 0.29) is 0 Å². The molecule has 1 saturated heterocycles. The van der Waals surface area contributed by atoms with Crippen molar-refractivity contribution in [3.05, 3.63) is 0 Å². The predicted molar refractivity (Wildman–Crippen MR) is 48.8 cm³/mol. The van der Waals surface area contributed by atoms with E-state index >= 15 is 0 Å². The minimum atomic E-state index is 0.327. The molecule has 1 heterocycles. The van der Waals surface area contributed by atoms with E-state index in [9.17, 15) is 0 Å². The summed E-state index contributed by atoms with van der Waals surface area (Å²) < 4.78 is 0. The third-order valence-electron chi connectivity index (χ3n) is 2.19. The fourth-order valence-electron chi connectivity index (χ4n) is 1.75. The van der Waals surface area contributed by atoms with Gasteiger partial charge < -0.3 is 10.2 Å². The van der Waals surface area contributed by atoms with Crippen LogP contribution < -0.4 is 5.32 Å². The van der Waals surface area contributed by atoms with Crippen molar-refractivity contribution in [3.8, 4) is 0 Å². The molecule has 0 aliphatic carbocycles. The van der Waals surface area contributed by atoms with Crippen LogP contribution >= 0.6 is 0 Å². The van der Waals surface area contributed by atoms with Crippen molar-refractivity contribution in [2.45, 2.75) is 32.7 Å². The molecule has 1 aliphatic heterocycles. The second-order valence-corrected chi connectivity index (χ2v) is 4.09. The summed E-state index contributed by atoms with van der Waals surface area (Å²) in [5, 5.41) is 3.51. The summed E-state index contributed by atoms with van der Waals surface area (Å²) in [7, 11) is 0. The van der Waals surface area contributed by atoms with Gasteiger partial charge in [-0.2, -0.15) is 0 Å². The molecule has 11 heavy (non-hydrogen) atoms. The summed E-state index contributed by atoms with van der Waals surface area (Å²) >= 11 is 0. The Morgan fingerprint density at radius 2 is 2.18 bits per heavy atom. The number of hydrogen-bond donors (Lipinski definition) is 1. The lowest BCUT2D eigenvalue weighted by Crippen LogP contribution is -2.56. The van der Waals surface area contributed by atoms with E-state index < -0.39 is 0 Å². The maximum absolute atomic E-state index is 3.51. The van der Waals surface area contributed by atoms with E-state index in [1.807, 2.05) is 0 Å². The van der Waals surface area contributed by atoms with E-state index in [1.165, 1.54) is 26.1 Å². The lowest BCUT2D eigenvalue weighted by Gasteiger charge is -2.39. The van der Waals surface area contributed by atoms with Gasteiger partial charge in [0.25, 0.3) is 0 Å². The van der Waals surface area contributed by atoms with E-state index in [0.717, 1.165) is 6.54 Å². The molecule has 2 heteroatoms.